The lowest BCUT2D eigenvalue weighted by molar-refractivity contribution is 0.0224. The lowest BCUT2D eigenvalue weighted by Gasteiger charge is -2.31. The summed E-state index contributed by atoms with van der Waals surface area (Å²) in [4.78, 5) is 23.3. The van der Waals surface area contributed by atoms with Gasteiger partial charge in [0, 0.05) is 37.0 Å². The minimum atomic E-state index is -0.465. The molecule has 1 saturated carbocycles. The van der Waals surface area contributed by atoms with Gasteiger partial charge in [-0.3, -0.25) is 0 Å². The highest BCUT2D eigenvalue weighted by Crippen LogP contribution is 2.34. The van der Waals surface area contributed by atoms with Gasteiger partial charge in [-0.15, -0.1) is 0 Å². The summed E-state index contributed by atoms with van der Waals surface area (Å²) < 4.78 is 5.50. The zero-order chi connectivity index (χ0) is 19.0. The molecule has 1 aliphatic heterocycles. The molecule has 0 radical (unpaired) electrons. The highest BCUT2D eigenvalue weighted by atomic mass is 16.6. The maximum Gasteiger partial charge on any atom is 0.410 e. The number of carbonyl (C=O) groups is 1. The van der Waals surface area contributed by atoms with E-state index < -0.39 is 5.60 Å². The Morgan fingerprint density at radius 2 is 1.85 bits per heavy atom. The van der Waals surface area contributed by atoms with E-state index in [1.165, 1.54) is 30.4 Å². The van der Waals surface area contributed by atoms with Gasteiger partial charge in [-0.2, -0.15) is 0 Å². The van der Waals surface area contributed by atoms with Crippen LogP contribution in [0, 0.1) is 0 Å². The van der Waals surface area contributed by atoms with Crippen molar-refractivity contribution in [3.63, 3.8) is 0 Å². The summed E-state index contributed by atoms with van der Waals surface area (Å²) in [7, 11) is 0. The second-order valence-electron chi connectivity index (χ2n) is 8.59. The highest BCUT2D eigenvalue weighted by molar-refractivity contribution is 5.69. The second-order valence-corrected chi connectivity index (χ2v) is 8.59. The first-order valence-corrected chi connectivity index (χ1v) is 9.81. The Morgan fingerprint density at radius 1 is 1.11 bits per heavy atom. The molecule has 5 heteroatoms. The summed E-state index contributed by atoms with van der Waals surface area (Å²) in [5, 5.41) is 0. The van der Waals surface area contributed by atoms with Crippen LogP contribution in [-0.2, 0) is 17.7 Å². The Balaban J connectivity index is 1.47. The summed E-state index contributed by atoms with van der Waals surface area (Å²) in [6.45, 7) is 6.97. The van der Waals surface area contributed by atoms with Crippen LogP contribution >= 0.6 is 0 Å². The van der Waals surface area contributed by atoms with Crippen LogP contribution in [0.1, 0.15) is 62.9 Å². The molecule has 2 heterocycles. The maximum absolute atomic E-state index is 12.3. The molecule has 0 atom stereocenters. The average Bonchev–Trinajstić information content (AvgIpc) is 2.58. The number of hydrogen-bond donors (Lipinski definition) is 0. The molecule has 0 saturated heterocycles. The minimum Gasteiger partial charge on any atom is -0.444 e. The van der Waals surface area contributed by atoms with Crippen LogP contribution in [-0.4, -0.2) is 33.1 Å². The van der Waals surface area contributed by atoms with E-state index in [1.807, 2.05) is 33.2 Å². The molecule has 5 nitrogen and oxygen atoms in total. The average molecular weight is 365 g/mol. The Morgan fingerprint density at radius 3 is 2.48 bits per heavy atom. The Kier molecular flexibility index (Phi) is 4.62. The van der Waals surface area contributed by atoms with E-state index in [0.29, 0.717) is 19.0 Å². The molecule has 1 aliphatic carbocycles. The number of amides is 1. The summed E-state index contributed by atoms with van der Waals surface area (Å²) in [6.07, 6.45) is 8.21. The number of fused-ring (bicyclic) bond motifs is 1. The third kappa shape index (κ3) is 3.97. The van der Waals surface area contributed by atoms with Crippen molar-refractivity contribution in [2.45, 2.75) is 64.5 Å². The lowest BCUT2D eigenvalue weighted by Crippen LogP contribution is -2.39. The summed E-state index contributed by atoms with van der Waals surface area (Å²) in [5.74, 6) is 1.54. The summed E-state index contributed by atoms with van der Waals surface area (Å²) in [6, 6.07) is 6.42. The van der Waals surface area contributed by atoms with Gasteiger partial charge in [0.15, 0.2) is 0 Å². The zero-order valence-electron chi connectivity index (χ0n) is 16.4. The van der Waals surface area contributed by atoms with Gasteiger partial charge >= 0.3 is 6.09 Å². The molecule has 142 valence electrons. The smallest absolute Gasteiger partial charge is 0.410 e. The van der Waals surface area contributed by atoms with Gasteiger partial charge in [0.2, 0.25) is 0 Å². The van der Waals surface area contributed by atoms with Crippen LogP contribution in [0.5, 0.6) is 0 Å². The van der Waals surface area contributed by atoms with Gasteiger partial charge in [-0.25, -0.2) is 14.8 Å². The molecule has 1 fully saturated rings. The molecule has 1 amide bonds. The standard InChI is InChI=1S/C22H27N3O2/c1-22(2,3)27-21(26)25-10-9-17-11-16(7-8-18(17)14-25)19-12-23-20(24-13-19)15-5-4-6-15/h7-8,11-13,15H,4-6,9-10,14H2,1-3H3. The number of ether oxygens (including phenoxy) is 1. The number of rotatable bonds is 2. The van der Waals surface area contributed by atoms with Crippen molar-refractivity contribution in [3.8, 4) is 11.1 Å². The van der Waals surface area contributed by atoms with E-state index in [9.17, 15) is 4.79 Å². The quantitative estimate of drug-likeness (QED) is 0.774. The maximum atomic E-state index is 12.3. The molecular formula is C22H27N3O2. The molecular weight excluding hydrogens is 338 g/mol. The van der Waals surface area contributed by atoms with Crippen LogP contribution < -0.4 is 0 Å². The van der Waals surface area contributed by atoms with Crippen molar-refractivity contribution in [1.29, 1.82) is 0 Å². The van der Waals surface area contributed by atoms with Gasteiger partial charge in [-0.1, -0.05) is 24.6 Å². The minimum absolute atomic E-state index is 0.239. The topological polar surface area (TPSA) is 55.3 Å². The predicted octanol–water partition coefficient (Wildman–Crippen LogP) is 4.70. The molecule has 1 aromatic carbocycles. The molecule has 2 aromatic rings. The van der Waals surface area contributed by atoms with Crippen molar-refractivity contribution in [3.05, 3.63) is 47.5 Å². The highest BCUT2D eigenvalue weighted by Gasteiger charge is 2.26. The van der Waals surface area contributed by atoms with E-state index in [-0.39, 0.29) is 6.09 Å². The first-order chi connectivity index (χ1) is 12.9. The third-order valence-electron chi connectivity index (χ3n) is 5.35. The SMILES string of the molecule is CC(C)(C)OC(=O)N1CCc2cc(-c3cnc(C4CCC4)nc3)ccc2C1. The molecule has 27 heavy (non-hydrogen) atoms. The van der Waals surface area contributed by atoms with Crippen molar-refractivity contribution in [1.82, 2.24) is 14.9 Å². The van der Waals surface area contributed by atoms with Gasteiger partial charge in [0.05, 0.1) is 0 Å². The van der Waals surface area contributed by atoms with Crippen LogP contribution in [0.3, 0.4) is 0 Å². The molecule has 2 aliphatic rings. The number of carbonyl (C=O) groups excluding carboxylic acids is 1. The normalized spacial score (nSPS) is 17.2. The van der Waals surface area contributed by atoms with Gasteiger partial charge in [0.25, 0.3) is 0 Å². The Labute approximate surface area is 160 Å². The monoisotopic (exact) mass is 365 g/mol. The largest absolute Gasteiger partial charge is 0.444 e. The van der Waals surface area contributed by atoms with Crippen LogP contribution in [0.2, 0.25) is 0 Å². The molecule has 0 unspecified atom stereocenters. The van der Waals surface area contributed by atoms with Crippen molar-refractivity contribution < 1.29 is 9.53 Å². The fraction of sp³-hybridized carbons (Fsp3) is 0.500. The molecule has 0 N–H and O–H groups in total. The Hall–Kier alpha value is -2.43. The molecule has 4 rings (SSSR count). The van der Waals surface area contributed by atoms with E-state index in [0.717, 1.165) is 23.4 Å². The van der Waals surface area contributed by atoms with Crippen LogP contribution in [0.25, 0.3) is 11.1 Å². The number of benzene rings is 1. The van der Waals surface area contributed by atoms with Gasteiger partial charge < -0.3 is 9.64 Å². The summed E-state index contributed by atoms with van der Waals surface area (Å²) >= 11 is 0. The molecule has 0 spiro atoms. The fourth-order valence-electron chi connectivity index (χ4n) is 3.58. The van der Waals surface area contributed by atoms with Crippen molar-refractivity contribution >= 4 is 6.09 Å². The Bertz CT molecular complexity index is 836. The van der Waals surface area contributed by atoms with E-state index in [4.69, 9.17) is 4.74 Å². The van der Waals surface area contributed by atoms with Gasteiger partial charge in [0.1, 0.15) is 11.4 Å². The van der Waals surface area contributed by atoms with E-state index in [2.05, 4.69) is 28.2 Å². The molecule has 0 bridgehead atoms. The summed E-state index contributed by atoms with van der Waals surface area (Å²) in [5.41, 5.74) is 4.20. The van der Waals surface area contributed by atoms with Crippen molar-refractivity contribution in [2.24, 2.45) is 0 Å². The van der Waals surface area contributed by atoms with E-state index >= 15 is 0 Å². The number of hydrogen-bond acceptors (Lipinski definition) is 4. The number of aromatic nitrogens is 2. The third-order valence-corrected chi connectivity index (χ3v) is 5.35. The van der Waals surface area contributed by atoms with Crippen LogP contribution in [0.4, 0.5) is 4.79 Å². The predicted molar refractivity (Wildman–Crippen MR) is 104 cm³/mol. The first-order valence-electron chi connectivity index (χ1n) is 9.81. The van der Waals surface area contributed by atoms with Crippen LogP contribution in [0.15, 0.2) is 30.6 Å². The fourth-order valence-corrected chi connectivity index (χ4v) is 3.58. The number of nitrogens with zero attached hydrogens (tertiary/aromatic N) is 3. The van der Waals surface area contributed by atoms with Crippen molar-refractivity contribution in [2.75, 3.05) is 6.54 Å². The van der Waals surface area contributed by atoms with Gasteiger partial charge in [-0.05, 0) is 56.7 Å². The van der Waals surface area contributed by atoms with E-state index in [1.54, 1.807) is 4.90 Å². The lowest BCUT2D eigenvalue weighted by atomic mass is 9.85. The second kappa shape index (κ2) is 6.95. The molecule has 1 aromatic heterocycles. The zero-order valence-corrected chi connectivity index (χ0v) is 16.4. The first kappa shape index (κ1) is 18.0.